The minimum atomic E-state index is -0.562. The van der Waals surface area contributed by atoms with Crippen LogP contribution in [-0.2, 0) is 0 Å². The van der Waals surface area contributed by atoms with Crippen molar-refractivity contribution in [2.24, 2.45) is 11.7 Å². The Balaban J connectivity index is 1.82. The monoisotopic (exact) mass is 316 g/mol. The van der Waals surface area contributed by atoms with E-state index in [9.17, 15) is 13.6 Å². The molecule has 2 N–H and O–H groups in total. The zero-order chi connectivity index (χ0) is 16.4. The van der Waals surface area contributed by atoms with Gasteiger partial charge in [0.25, 0.3) is 5.91 Å². The van der Waals surface area contributed by atoms with Gasteiger partial charge in [0.2, 0.25) is 0 Å². The van der Waals surface area contributed by atoms with Crippen LogP contribution in [-0.4, -0.2) is 30.4 Å². The highest BCUT2D eigenvalue weighted by Gasteiger charge is 2.27. The van der Waals surface area contributed by atoms with Gasteiger partial charge < -0.3 is 10.6 Å². The van der Waals surface area contributed by atoms with Crippen LogP contribution >= 0.6 is 0 Å². The predicted octanol–water partition coefficient (Wildman–Crippen LogP) is 3.05. The summed E-state index contributed by atoms with van der Waals surface area (Å²) >= 11 is 0. The molecule has 5 heteroatoms. The molecule has 0 aromatic heterocycles. The molecule has 1 saturated heterocycles. The first-order chi connectivity index (χ1) is 11.1. The van der Waals surface area contributed by atoms with E-state index in [0.29, 0.717) is 36.7 Å². The lowest BCUT2D eigenvalue weighted by atomic mass is 10.0. The second kappa shape index (κ2) is 6.46. The summed E-state index contributed by atoms with van der Waals surface area (Å²) in [4.78, 5) is 14.1. The Morgan fingerprint density at radius 2 is 1.83 bits per heavy atom. The Morgan fingerprint density at radius 1 is 1.13 bits per heavy atom. The Kier molecular flexibility index (Phi) is 4.39. The van der Waals surface area contributed by atoms with Crippen LogP contribution in [0.1, 0.15) is 16.8 Å². The third kappa shape index (κ3) is 3.24. The van der Waals surface area contributed by atoms with Crippen molar-refractivity contribution in [1.82, 2.24) is 4.90 Å². The standard InChI is InChI=1S/C18H18F2N2O/c19-15-4-1-13(2-5-15)14-3-6-16(17(20)9-14)18(23)22-8-7-12(10-21)11-22/h1-6,9,12H,7-8,10-11,21H2/t12-/m1/s1. The van der Waals surface area contributed by atoms with Crippen LogP contribution in [0.5, 0.6) is 0 Å². The SMILES string of the molecule is NC[C@H]1CCN(C(=O)c2ccc(-c3ccc(F)cc3)cc2F)C1. The van der Waals surface area contributed by atoms with Gasteiger partial charge >= 0.3 is 0 Å². The van der Waals surface area contributed by atoms with E-state index >= 15 is 0 Å². The summed E-state index contributed by atoms with van der Waals surface area (Å²) in [5.41, 5.74) is 7.00. The maximum absolute atomic E-state index is 14.4. The first kappa shape index (κ1) is 15.6. The average Bonchev–Trinajstić information content (AvgIpc) is 3.04. The van der Waals surface area contributed by atoms with Crippen LogP contribution in [0.15, 0.2) is 42.5 Å². The van der Waals surface area contributed by atoms with Gasteiger partial charge in [-0.25, -0.2) is 8.78 Å². The highest BCUT2D eigenvalue weighted by molar-refractivity contribution is 5.95. The molecule has 1 heterocycles. The molecule has 1 aliphatic heterocycles. The molecule has 0 bridgehead atoms. The minimum Gasteiger partial charge on any atom is -0.338 e. The van der Waals surface area contributed by atoms with Crippen molar-refractivity contribution in [3.63, 3.8) is 0 Å². The van der Waals surface area contributed by atoms with E-state index < -0.39 is 5.82 Å². The number of hydrogen-bond acceptors (Lipinski definition) is 2. The van der Waals surface area contributed by atoms with E-state index in [1.54, 1.807) is 23.1 Å². The van der Waals surface area contributed by atoms with E-state index in [2.05, 4.69) is 0 Å². The fourth-order valence-corrected chi connectivity index (χ4v) is 2.89. The number of rotatable bonds is 3. The highest BCUT2D eigenvalue weighted by Crippen LogP contribution is 2.24. The Hall–Kier alpha value is -2.27. The molecule has 1 aliphatic rings. The molecule has 120 valence electrons. The molecule has 23 heavy (non-hydrogen) atoms. The van der Waals surface area contributed by atoms with Crippen LogP contribution < -0.4 is 5.73 Å². The summed E-state index contributed by atoms with van der Waals surface area (Å²) in [7, 11) is 0. The lowest BCUT2D eigenvalue weighted by Gasteiger charge is -2.17. The largest absolute Gasteiger partial charge is 0.338 e. The Morgan fingerprint density at radius 3 is 2.43 bits per heavy atom. The summed E-state index contributed by atoms with van der Waals surface area (Å²) in [5, 5.41) is 0. The Labute approximate surface area is 133 Å². The van der Waals surface area contributed by atoms with Crippen molar-refractivity contribution in [1.29, 1.82) is 0 Å². The summed E-state index contributed by atoms with van der Waals surface area (Å²) in [6.45, 7) is 1.73. The molecule has 0 spiro atoms. The van der Waals surface area contributed by atoms with Crippen LogP contribution in [0.25, 0.3) is 11.1 Å². The number of nitrogens with zero attached hydrogens (tertiary/aromatic N) is 1. The molecule has 3 nitrogen and oxygen atoms in total. The maximum atomic E-state index is 14.4. The van der Waals surface area contributed by atoms with Crippen molar-refractivity contribution >= 4 is 5.91 Å². The number of likely N-dealkylation sites (tertiary alicyclic amines) is 1. The van der Waals surface area contributed by atoms with Gasteiger partial charge in [0, 0.05) is 13.1 Å². The van der Waals surface area contributed by atoms with Crippen molar-refractivity contribution in [2.75, 3.05) is 19.6 Å². The predicted molar refractivity (Wildman–Crippen MR) is 84.9 cm³/mol. The lowest BCUT2D eigenvalue weighted by Crippen LogP contribution is -2.30. The van der Waals surface area contributed by atoms with Gasteiger partial charge in [-0.2, -0.15) is 0 Å². The lowest BCUT2D eigenvalue weighted by molar-refractivity contribution is 0.0783. The molecule has 1 amide bonds. The molecule has 2 aromatic carbocycles. The third-order valence-corrected chi connectivity index (χ3v) is 4.28. The number of amides is 1. The second-order valence-electron chi connectivity index (χ2n) is 5.84. The van der Waals surface area contributed by atoms with Crippen molar-refractivity contribution < 1.29 is 13.6 Å². The summed E-state index contributed by atoms with van der Waals surface area (Å²) < 4.78 is 27.3. The van der Waals surface area contributed by atoms with Gasteiger partial charge in [0.05, 0.1) is 5.56 Å². The van der Waals surface area contributed by atoms with Crippen LogP contribution in [0.3, 0.4) is 0 Å². The van der Waals surface area contributed by atoms with E-state index in [1.165, 1.54) is 24.3 Å². The van der Waals surface area contributed by atoms with Crippen molar-refractivity contribution in [3.8, 4) is 11.1 Å². The molecule has 1 fully saturated rings. The zero-order valence-electron chi connectivity index (χ0n) is 12.6. The quantitative estimate of drug-likeness (QED) is 0.946. The summed E-state index contributed by atoms with van der Waals surface area (Å²) in [5.74, 6) is -0.915. The number of nitrogens with two attached hydrogens (primary N) is 1. The second-order valence-corrected chi connectivity index (χ2v) is 5.84. The van der Waals surface area contributed by atoms with Gasteiger partial charge in [0.15, 0.2) is 0 Å². The van der Waals surface area contributed by atoms with Gasteiger partial charge in [-0.05, 0) is 54.3 Å². The fraction of sp³-hybridized carbons (Fsp3) is 0.278. The van der Waals surface area contributed by atoms with E-state index in [-0.39, 0.29) is 17.3 Å². The smallest absolute Gasteiger partial charge is 0.256 e. The molecular formula is C18H18F2N2O. The van der Waals surface area contributed by atoms with Gasteiger partial charge in [-0.15, -0.1) is 0 Å². The molecule has 0 unspecified atom stereocenters. The molecule has 1 atom stereocenters. The van der Waals surface area contributed by atoms with E-state index in [1.807, 2.05) is 0 Å². The topological polar surface area (TPSA) is 46.3 Å². The molecule has 0 saturated carbocycles. The first-order valence-electron chi connectivity index (χ1n) is 7.63. The van der Waals surface area contributed by atoms with Crippen molar-refractivity contribution in [2.45, 2.75) is 6.42 Å². The highest BCUT2D eigenvalue weighted by atomic mass is 19.1. The maximum Gasteiger partial charge on any atom is 0.256 e. The molecule has 0 radical (unpaired) electrons. The van der Waals surface area contributed by atoms with Crippen LogP contribution in [0, 0.1) is 17.6 Å². The van der Waals surface area contributed by atoms with E-state index in [4.69, 9.17) is 5.73 Å². The minimum absolute atomic E-state index is 0.0635. The average molecular weight is 316 g/mol. The molecule has 0 aliphatic carbocycles. The fourth-order valence-electron chi connectivity index (χ4n) is 2.89. The zero-order valence-corrected chi connectivity index (χ0v) is 12.6. The number of hydrogen-bond donors (Lipinski definition) is 1. The third-order valence-electron chi connectivity index (χ3n) is 4.28. The normalized spacial score (nSPS) is 17.5. The summed E-state index contributed by atoms with van der Waals surface area (Å²) in [6, 6.07) is 10.3. The van der Waals surface area contributed by atoms with Gasteiger partial charge in [-0.3, -0.25) is 4.79 Å². The number of carbonyl (C=O) groups excluding carboxylic acids is 1. The van der Waals surface area contributed by atoms with Crippen LogP contribution in [0.4, 0.5) is 8.78 Å². The van der Waals surface area contributed by atoms with E-state index in [0.717, 1.165) is 6.42 Å². The summed E-state index contributed by atoms with van der Waals surface area (Å²) in [6.07, 6.45) is 0.859. The van der Waals surface area contributed by atoms with Gasteiger partial charge in [0.1, 0.15) is 11.6 Å². The number of halogens is 2. The van der Waals surface area contributed by atoms with Crippen molar-refractivity contribution in [3.05, 3.63) is 59.7 Å². The Bertz CT molecular complexity index is 715. The van der Waals surface area contributed by atoms with Crippen LogP contribution in [0.2, 0.25) is 0 Å². The number of carbonyl (C=O) groups is 1. The molecule has 2 aromatic rings. The van der Waals surface area contributed by atoms with Gasteiger partial charge in [-0.1, -0.05) is 18.2 Å². The first-order valence-corrected chi connectivity index (χ1v) is 7.63. The number of benzene rings is 2. The molecule has 3 rings (SSSR count). The molecular weight excluding hydrogens is 298 g/mol.